The Hall–Kier alpha value is -3.43. The van der Waals surface area contributed by atoms with E-state index < -0.39 is 21.7 Å². The van der Waals surface area contributed by atoms with E-state index in [1.807, 2.05) is 30.3 Å². The highest BCUT2D eigenvalue weighted by atomic mass is 32.2. The Labute approximate surface area is 198 Å². The molecule has 0 saturated carbocycles. The third-order valence-corrected chi connectivity index (χ3v) is 6.81. The Bertz CT molecular complexity index is 1200. The molecule has 0 saturated heterocycles. The van der Waals surface area contributed by atoms with Gasteiger partial charge < -0.3 is 20.5 Å². The van der Waals surface area contributed by atoms with E-state index in [4.69, 9.17) is 27.4 Å². The monoisotopic (exact) mass is 484 g/mol. The Morgan fingerprint density at radius 2 is 1.55 bits per heavy atom. The van der Waals surface area contributed by atoms with Gasteiger partial charge in [0.05, 0.1) is 24.2 Å². The standard InChI is InChI=1S/C24H24N2O5S2/c1-30-23(27)15-18(17-5-3-2-4-6-17)16-33(28,29)22-13-11-21(12-14-22)31-20-9-7-19(8-10-20)26-24(25)32/h2-14,18H,15-16H2,1H3,(H3,25,26,32). The van der Waals surface area contributed by atoms with E-state index in [0.29, 0.717) is 11.5 Å². The van der Waals surface area contributed by atoms with Crippen LogP contribution in [0.25, 0.3) is 0 Å². The van der Waals surface area contributed by atoms with Crippen molar-refractivity contribution in [3.63, 3.8) is 0 Å². The summed E-state index contributed by atoms with van der Waals surface area (Å²) in [5.41, 5.74) is 6.94. The van der Waals surface area contributed by atoms with Crippen LogP contribution in [0.2, 0.25) is 0 Å². The SMILES string of the molecule is COC(=O)CC(CS(=O)(=O)c1ccc(Oc2ccc(NC(N)=S)cc2)cc1)c1ccccc1. The number of hydrogen-bond donors (Lipinski definition) is 2. The van der Waals surface area contributed by atoms with Crippen molar-refractivity contribution in [1.82, 2.24) is 0 Å². The summed E-state index contributed by atoms with van der Waals surface area (Å²) in [4.78, 5) is 12.0. The molecule has 0 radical (unpaired) electrons. The molecule has 33 heavy (non-hydrogen) atoms. The molecule has 3 rings (SSSR count). The molecule has 3 aromatic carbocycles. The van der Waals surface area contributed by atoms with Crippen LogP contribution in [0.1, 0.15) is 17.9 Å². The van der Waals surface area contributed by atoms with Gasteiger partial charge in [0.2, 0.25) is 0 Å². The number of nitrogens with two attached hydrogens (primary N) is 1. The number of hydrogen-bond acceptors (Lipinski definition) is 6. The van der Waals surface area contributed by atoms with E-state index in [-0.39, 0.29) is 22.2 Å². The molecular formula is C24H24N2O5S2. The van der Waals surface area contributed by atoms with E-state index in [1.165, 1.54) is 19.2 Å². The van der Waals surface area contributed by atoms with Crippen LogP contribution < -0.4 is 15.8 Å². The number of carbonyl (C=O) groups excluding carboxylic acids is 1. The lowest BCUT2D eigenvalue weighted by Gasteiger charge is -2.17. The van der Waals surface area contributed by atoms with Crippen molar-refractivity contribution < 1.29 is 22.7 Å². The number of sulfone groups is 1. The van der Waals surface area contributed by atoms with Gasteiger partial charge in [0, 0.05) is 11.6 Å². The minimum Gasteiger partial charge on any atom is -0.469 e. The molecule has 0 heterocycles. The minimum absolute atomic E-state index is 0.0271. The lowest BCUT2D eigenvalue weighted by molar-refractivity contribution is -0.140. The van der Waals surface area contributed by atoms with E-state index in [1.54, 1.807) is 36.4 Å². The largest absolute Gasteiger partial charge is 0.469 e. The predicted molar refractivity (Wildman–Crippen MR) is 131 cm³/mol. The van der Waals surface area contributed by atoms with Crippen molar-refractivity contribution in [2.45, 2.75) is 17.2 Å². The van der Waals surface area contributed by atoms with Crippen molar-refractivity contribution in [2.24, 2.45) is 5.73 Å². The zero-order valence-corrected chi connectivity index (χ0v) is 19.6. The molecule has 172 valence electrons. The van der Waals surface area contributed by atoms with Gasteiger partial charge in [-0.1, -0.05) is 30.3 Å². The fraction of sp³-hybridized carbons (Fsp3) is 0.167. The summed E-state index contributed by atoms with van der Waals surface area (Å²) in [5, 5.41) is 2.99. The lowest BCUT2D eigenvalue weighted by atomic mass is 9.98. The van der Waals surface area contributed by atoms with Crippen molar-refractivity contribution in [3.05, 3.63) is 84.4 Å². The Balaban J connectivity index is 1.72. The average Bonchev–Trinajstić information content (AvgIpc) is 2.80. The predicted octanol–water partition coefficient (Wildman–Crippen LogP) is 4.26. The first-order valence-corrected chi connectivity index (χ1v) is 12.1. The number of carbonyl (C=O) groups is 1. The third kappa shape index (κ3) is 7.03. The minimum atomic E-state index is -3.66. The van der Waals surface area contributed by atoms with Crippen LogP contribution in [0, 0.1) is 0 Å². The molecule has 0 aliphatic carbocycles. The van der Waals surface area contributed by atoms with Crippen molar-refractivity contribution in [3.8, 4) is 11.5 Å². The number of benzene rings is 3. The summed E-state index contributed by atoms with van der Waals surface area (Å²) in [7, 11) is -2.38. The van der Waals surface area contributed by atoms with Crippen LogP contribution >= 0.6 is 12.2 Å². The van der Waals surface area contributed by atoms with Crippen molar-refractivity contribution in [2.75, 3.05) is 18.2 Å². The van der Waals surface area contributed by atoms with Gasteiger partial charge in [0.25, 0.3) is 0 Å². The van der Waals surface area contributed by atoms with Crippen LogP contribution in [-0.4, -0.2) is 32.4 Å². The van der Waals surface area contributed by atoms with Gasteiger partial charge in [0.15, 0.2) is 14.9 Å². The number of esters is 1. The van der Waals surface area contributed by atoms with Crippen molar-refractivity contribution in [1.29, 1.82) is 0 Å². The molecule has 0 fully saturated rings. The highest BCUT2D eigenvalue weighted by Gasteiger charge is 2.25. The van der Waals surface area contributed by atoms with Gasteiger partial charge in [-0.25, -0.2) is 8.42 Å². The van der Waals surface area contributed by atoms with Gasteiger partial charge in [-0.2, -0.15) is 0 Å². The average molecular weight is 485 g/mol. The zero-order chi connectivity index (χ0) is 23.8. The smallest absolute Gasteiger partial charge is 0.306 e. The molecule has 0 aliphatic heterocycles. The second-order valence-corrected chi connectivity index (χ2v) is 9.73. The van der Waals surface area contributed by atoms with Crippen LogP contribution in [0.4, 0.5) is 5.69 Å². The van der Waals surface area contributed by atoms with Crippen LogP contribution in [0.5, 0.6) is 11.5 Å². The molecule has 1 unspecified atom stereocenters. The molecule has 0 aromatic heterocycles. The molecule has 1 atom stereocenters. The molecular weight excluding hydrogens is 460 g/mol. The first-order chi connectivity index (χ1) is 15.8. The topological polar surface area (TPSA) is 108 Å². The maximum Gasteiger partial charge on any atom is 0.306 e. The molecule has 0 spiro atoms. The number of ether oxygens (including phenoxy) is 2. The molecule has 0 aliphatic rings. The van der Waals surface area contributed by atoms with Gasteiger partial charge in [-0.3, -0.25) is 4.79 Å². The summed E-state index contributed by atoms with van der Waals surface area (Å²) < 4.78 is 36.7. The molecule has 3 N–H and O–H groups in total. The van der Waals surface area contributed by atoms with Gasteiger partial charge >= 0.3 is 5.97 Å². The third-order valence-electron chi connectivity index (χ3n) is 4.87. The number of nitrogens with one attached hydrogen (secondary N) is 1. The van der Waals surface area contributed by atoms with E-state index in [9.17, 15) is 13.2 Å². The van der Waals surface area contributed by atoms with E-state index >= 15 is 0 Å². The maximum atomic E-state index is 13.1. The Morgan fingerprint density at radius 3 is 2.09 bits per heavy atom. The summed E-state index contributed by atoms with van der Waals surface area (Å²) in [6.45, 7) is 0. The number of methoxy groups -OCH3 is 1. The highest BCUT2D eigenvalue weighted by Crippen LogP contribution is 2.28. The Morgan fingerprint density at radius 1 is 0.970 bits per heavy atom. The molecule has 0 amide bonds. The zero-order valence-electron chi connectivity index (χ0n) is 17.9. The summed E-state index contributed by atoms with van der Waals surface area (Å²) >= 11 is 4.80. The summed E-state index contributed by atoms with van der Waals surface area (Å²) in [5.74, 6) is -0.144. The maximum absolute atomic E-state index is 13.1. The van der Waals surface area contributed by atoms with Gasteiger partial charge in [0.1, 0.15) is 11.5 Å². The first kappa shape index (κ1) is 24.2. The van der Waals surface area contributed by atoms with Crippen LogP contribution in [0.15, 0.2) is 83.8 Å². The van der Waals surface area contributed by atoms with Crippen LogP contribution in [-0.2, 0) is 19.4 Å². The molecule has 3 aromatic rings. The molecule has 9 heteroatoms. The van der Waals surface area contributed by atoms with E-state index in [2.05, 4.69) is 5.32 Å². The highest BCUT2D eigenvalue weighted by molar-refractivity contribution is 7.91. The second-order valence-electron chi connectivity index (χ2n) is 7.26. The first-order valence-electron chi connectivity index (χ1n) is 10.1. The van der Waals surface area contributed by atoms with Crippen LogP contribution in [0.3, 0.4) is 0 Å². The van der Waals surface area contributed by atoms with Crippen molar-refractivity contribution >= 4 is 38.8 Å². The van der Waals surface area contributed by atoms with E-state index in [0.717, 1.165) is 11.3 Å². The van der Waals surface area contributed by atoms with Gasteiger partial charge in [-0.05, 0) is 66.3 Å². The second kappa shape index (κ2) is 10.9. The fourth-order valence-electron chi connectivity index (χ4n) is 3.24. The Kier molecular flexibility index (Phi) is 8.02. The number of thiocarbonyl (C=S) groups is 1. The fourth-order valence-corrected chi connectivity index (χ4v) is 4.94. The molecule has 0 bridgehead atoms. The normalized spacial score (nSPS) is 11.9. The number of anilines is 1. The quantitative estimate of drug-likeness (QED) is 0.343. The summed E-state index contributed by atoms with van der Waals surface area (Å²) in [6, 6.07) is 22.2. The number of rotatable bonds is 9. The van der Waals surface area contributed by atoms with Gasteiger partial charge in [-0.15, -0.1) is 0 Å². The lowest BCUT2D eigenvalue weighted by Crippen LogP contribution is -2.19. The summed E-state index contributed by atoms with van der Waals surface area (Å²) in [6.07, 6.45) is -0.0271. The molecule has 7 nitrogen and oxygen atoms in total.